The second kappa shape index (κ2) is 5.38. The zero-order valence-corrected chi connectivity index (χ0v) is 10.5. The number of hydrogen-bond acceptors (Lipinski definition) is 4. The summed E-state index contributed by atoms with van der Waals surface area (Å²) in [6.07, 6.45) is 0. The molecule has 1 atom stereocenters. The van der Waals surface area contributed by atoms with Crippen LogP contribution in [0.25, 0.3) is 0 Å². The molecule has 1 aromatic carbocycles. The van der Waals surface area contributed by atoms with Crippen molar-refractivity contribution in [2.24, 2.45) is 5.73 Å². The average molecular weight is 236 g/mol. The van der Waals surface area contributed by atoms with E-state index in [0.29, 0.717) is 0 Å². The van der Waals surface area contributed by atoms with Crippen molar-refractivity contribution in [3.63, 3.8) is 0 Å². The van der Waals surface area contributed by atoms with E-state index in [4.69, 9.17) is 15.2 Å². The topological polar surface area (TPSA) is 47.7 Å². The number of hydrogen-bond donors (Lipinski definition) is 1. The predicted molar refractivity (Wildman–Crippen MR) is 68.6 cm³/mol. The van der Waals surface area contributed by atoms with Crippen molar-refractivity contribution in [2.75, 3.05) is 38.3 Å². The molecule has 0 saturated carbocycles. The van der Waals surface area contributed by atoms with Crippen molar-refractivity contribution in [1.82, 2.24) is 0 Å². The molecule has 0 amide bonds. The van der Waals surface area contributed by atoms with Gasteiger partial charge in [-0.1, -0.05) is 6.07 Å². The Balaban J connectivity index is 2.37. The van der Waals surface area contributed by atoms with Gasteiger partial charge in [-0.05, 0) is 19.1 Å². The number of rotatable bonds is 3. The molecular weight excluding hydrogens is 216 g/mol. The fraction of sp³-hybridized carbons (Fsp3) is 0.538. The fourth-order valence-electron chi connectivity index (χ4n) is 2.25. The van der Waals surface area contributed by atoms with Gasteiger partial charge < -0.3 is 20.1 Å². The largest absolute Gasteiger partial charge is 0.496 e. The molecule has 94 valence electrons. The van der Waals surface area contributed by atoms with E-state index in [0.717, 1.165) is 37.6 Å². The lowest BCUT2D eigenvalue weighted by Gasteiger charge is -2.32. The summed E-state index contributed by atoms with van der Waals surface area (Å²) in [6.45, 7) is 5.35. The van der Waals surface area contributed by atoms with E-state index in [1.807, 2.05) is 19.1 Å². The standard InChI is InChI=1S/C13H20N2O2/c1-10(14)13-11(4-3-5-12(13)16-2)15-6-8-17-9-7-15/h3-5,10H,6-9,14H2,1-2H3/t10-/m1/s1. The van der Waals surface area contributed by atoms with Gasteiger partial charge in [-0.2, -0.15) is 0 Å². The Labute approximate surface area is 102 Å². The number of ether oxygens (including phenoxy) is 2. The maximum absolute atomic E-state index is 6.06. The van der Waals surface area contributed by atoms with E-state index in [9.17, 15) is 0 Å². The smallest absolute Gasteiger partial charge is 0.125 e. The maximum Gasteiger partial charge on any atom is 0.125 e. The van der Waals surface area contributed by atoms with Gasteiger partial charge in [0.2, 0.25) is 0 Å². The predicted octanol–water partition coefficient (Wildman–Crippen LogP) is 1.55. The van der Waals surface area contributed by atoms with Crippen LogP contribution in [0.1, 0.15) is 18.5 Å². The third-order valence-electron chi connectivity index (χ3n) is 3.07. The summed E-state index contributed by atoms with van der Waals surface area (Å²) in [4.78, 5) is 2.31. The van der Waals surface area contributed by atoms with Crippen molar-refractivity contribution in [2.45, 2.75) is 13.0 Å². The summed E-state index contributed by atoms with van der Waals surface area (Å²) in [5, 5.41) is 0. The lowest BCUT2D eigenvalue weighted by atomic mass is 10.0. The molecule has 0 bridgehead atoms. The Bertz CT molecular complexity index is 374. The van der Waals surface area contributed by atoms with E-state index >= 15 is 0 Å². The molecule has 1 aromatic rings. The highest BCUT2D eigenvalue weighted by atomic mass is 16.5. The summed E-state index contributed by atoms with van der Waals surface area (Å²) >= 11 is 0. The normalized spacial score (nSPS) is 17.9. The number of methoxy groups -OCH3 is 1. The number of morpholine rings is 1. The first-order valence-corrected chi connectivity index (χ1v) is 5.99. The monoisotopic (exact) mass is 236 g/mol. The molecular formula is C13H20N2O2. The molecule has 0 radical (unpaired) electrons. The van der Waals surface area contributed by atoms with Gasteiger partial charge in [0, 0.05) is 30.4 Å². The van der Waals surface area contributed by atoms with Crippen LogP contribution in [0.15, 0.2) is 18.2 Å². The van der Waals surface area contributed by atoms with Gasteiger partial charge >= 0.3 is 0 Å². The van der Waals surface area contributed by atoms with Crippen LogP contribution >= 0.6 is 0 Å². The van der Waals surface area contributed by atoms with Crippen LogP contribution in [-0.4, -0.2) is 33.4 Å². The summed E-state index contributed by atoms with van der Waals surface area (Å²) in [5.41, 5.74) is 8.31. The molecule has 0 spiro atoms. The highest BCUT2D eigenvalue weighted by molar-refractivity contribution is 5.61. The molecule has 1 heterocycles. The van der Waals surface area contributed by atoms with Gasteiger partial charge in [-0.3, -0.25) is 0 Å². The van der Waals surface area contributed by atoms with Crippen molar-refractivity contribution in [3.05, 3.63) is 23.8 Å². The third kappa shape index (κ3) is 2.53. The van der Waals surface area contributed by atoms with E-state index in [2.05, 4.69) is 11.0 Å². The molecule has 1 fully saturated rings. The lowest BCUT2D eigenvalue weighted by Crippen LogP contribution is -2.37. The van der Waals surface area contributed by atoms with Crippen molar-refractivity contribution < 1.29 is 9.47 Å². The first-order chi connectivity index (χ1) is 8.24. The fourth-order valence-corrected chi connectivity index (χ4v) is 2.25. The minimum absolute atomic E-state index is 0.0380. The van der Waals surface area contributed by atoms with Gasteiger partial charge in [0.05, 0.1) is 20.3 Å². The number of benzene rings is 1. The van der Waals surface area contributed by atoms with Crippen LogP contribution in [0.2, 0.25) is 0 Å². The number of nitrogens with two attached hydrogens (primary N) is 1. The molecule has 0 unspecified atom stereocenters. The van der Waals surface area contributed by atoms with Crippen LogP contribution in [-0.2, 0) is 4.74 Å². The summed E-state index contributed by atoms with van der Waals surface area (Å²) < 4.78 is 10.8. The van der Waals surface area contributed by atoms with E-state index in [1.165, 1.54) is 5.69 Å². The molecule has 4 nitrogen and oxygen atoms in total. The Morgan fingerprint density at radius 3 is 2.65 bits per heavy atom. The second-order valence-corrected chi connectivity index (χ2v) is 4.28. The lowest BCUT2D eigenvalue weighted by molar-refractivity contribution is 0.122. The minimum Gasteiger partial charge on any atom is -0.496 e. The van der Waals surface area contributed by atoms with Gasteiger partial charge in [0.1, 0.15) is 5.75 Å². The van der Waals surface area contributed by atoms with Gasteiger partial charge in [0.25, 0.3) is 0 Å². The maximum atomic E-state index is 6.06. The van der Waals surface area contributed by atoms with Crippen molar-refractivity contribution in [1.29, 1.82) is 0 Å². The quantitative estimate of drug-likeness (QED) is 0.865. The Morgan fingerprint density at radius 1 is 1.35 bits per heavy atom. The molecule has 2 rings (SSSR count). The highest BCUT2D eigenvalue weighted by Gasteiger charge is 2.19. The second-order valence-electron chi connectivity index (χ2n) is 4.28. The van der Waals surface area contributed by atoms with Gasteiger partial charge in [-0.25, -0.2) is 0 Å². The molecule has 4 heteroatoms. The van der Waals surface area contributed by atoms with Crippen molar-refractivity contribution >= 4 is 5.69 Å². The van der Waals surface area contributed by atoms with Crippen molar-refractivity contribution in [3.8, 4) is 5.75 Å². The van der Waals surface area contributed by atoms with E-state index < -0.39 is 0 Å². The first kappa shape index (κ1) is 12.2. The summed E-state index contributed by atoms with van der Waals surface area (Å²) in [5.74, 6) is 0.865. The molecule has 0 aromatic heterocycles. The molecule has 2 N–H and O–H groups in total. The molecule has 1 saturated heterocycles. The Morgan fingerprint density at radius 2 is 2.06 bits per heavy atom. The van der Waals surface area contributed by atoms with Crippen LogP contribution in [0.5, 0.6) is 5.75 Å². The third-order valence-corrected chi connectivity index (χ3v) is 3.07. The van der Waals surface area contributed by atoms with Crippen LogP contribution in [0.4, 0.5) is 5.69 Å². The molecule has 1 aliphatic heterocycles. The van der Waals surface area contributed by atoms with E-state index in [-0.39, 0.29) is 6.04 Å². The van der Waals surface area contributed by atoms with Crippen LogP contribution in [0.3, 0.4) is 0 Å². The Kier molecular flexibility index (Phi) is 3.86. The van der Waals surface area contributed by atoms with Gasteiger partial charge in [-0.15, -0.1) is 0 Å². The number of nitrogens with zero attached hydrogens (tertiary/aromatic N) is 1. The van der Waals surface area contributed by atoms with Gasteiger partial charge in [0.15, 0.2) is 0 Å². The number of anilines is 1. The van der Waals surface area contributed by atoms with Crippen LogP contribution < -0.4 is 15.4 Å². The minimum atomic E-state index is -0.0380. The SMILES string of the molecule is COc1cccc(N2CCOCC2)c1[C@@H](C)N. The zero-order valence-electron chi connectivity index (χ0n) is 10.5. The molecule has 1 aliphatic rings. The average Bonchev–Trinajstić information content (AvgIpc) is 2.38. The van der Waals surface area contributed by atoms with E-state index in [1.54, 1.807) is 7.11 Å². The first-order valence-electron chi connectivity index (χ1n) is 5.99. The summed E-state index contributed by atoms with van der Waals surface area (Å²) in [6, 6.07) is 6.04. The van der Waals surface area contributed by atoms with Crippen LogP contribution in [0, 0.1) is 0 Å². The zero-order chi connectivity index (χ0) is 12.3. The highest BCUT2D eigenvalue weighted by Crippen LogP contribution is 2.33. The summed E-state index contributed by atoms with van der Waals surface area (Å²) in [7, 11) is 1.68. The molecule has 17 heavy (non-hydrogen) atoms. The molecule has 0 aliphatic carbocycles. The Hall–Kier alpha value is -1.26.